The number of halogens is 3. The van der Waals surface area contributed by atoms with Gasteiger partial charge in [0.1, 0.15) is 28.7 Å². The van der Waals surface area contributed by atoms with Gasteiger partial charge in [-0.2, -0.15) is 5.10 Å². The summed E-state index contributed by atoms with van der Waals surface area (Å²) in [7, 11) is 1.63. The Bertz CT molecular complexity index is 1370. The zero-order valence-corrected chi connectivity index (χ0v) is 20.4. The zero-order valence-electron chi connectivity index (χ0n) is 20.4. The number of aromatic nitrogens is 5. The number of alkyl halides is 1. The summed E-state index contributed by atoms with van der Waals surface area (Å²) in [6, 6.07) is 5.49. The minimum absolute atomic E-state index is 0.391. The van der Waals surface area contributed by atoms with Gasteiger partial charge < -0.3 is 15.0 Å². The van der Waals surface area contributed by atoms with Crippen LogP contribution in [0, 0.1) is 11.6 Å². The van der Waals surface area contributed by atoms with E-state index in [2.05, 4.69) is 25.2 Å². The second-order valence-corrected chi connectivity index (χ2v) is 8.76. The van der Waals surface area contributed by atoms with Crippen molar-refractivity contribution in [3.8, 4) is 11.3 Å². The first-order valence-electron chi connectivity index (χ1n) is 11.9. The number of anilines is 2. The Morgan fingerprint density at radius 1 is 1.03 bits per heavy atom. The molecule has 1 aliphatic rings. The Labute approximate surface area is 211 Å². The van der Waals surface area contributed by atoms with Gasteiger partial charge in [0.25, 0.3) is 0 Å². The van der Waals surface area contributed by atoms with Gasteiger partial charge >= 0.3 is 0 Å². The smallest absolute Gasteiger partial charge is 0.181 e. The molecular weight excluding hydrogens is 485 g/mol. The fourth-order valence-corrected chi connectivity index (χ4v) is 4.30. The van der Waals surface area contributed by atoms with Crippen molar-refractivity contribution < 1.29 is 17.9 Å². The number of nitrogens with one attached hydrogen (secondary N) is 1. The molecule has 0 aliphatic carbocycles. The standard InChI is InChI=1S/C25H27F3N8O/c1-37-9-4-29-23-11-21-22(13-30-23)33-25(24(32-21)18-12-31-36(15-18)16-26)35-7-5-34(6-8-35)14-17-2-3-19(27)10-20(17)28/h2-3,10-13,15H,4-9,14,16H2,1H3,(H,29,30). The van der Waals surface area contributed by atoms with E-state index in [4.69, 9.17) is 14.7 Å². The summed E-state index contributed by atoms with van der Waals surface area (Å²) in [5.74, 6) is 0.176. The fraction of sp³-hybridized carbons (Fsp3) is 0.360. The van der Waals surface area contributed by atoms with Crippen molar-refractivity contribution >= 4 is 22.7 Å². The number of pyridine rings is 1. The summed E-state index contributed by atoms with van der Waals surface area (Å²) in [6.45, 7) is 3.34. The first-order chi connectivity index (χ1) is 18.0. The van der Waals surface area contributed by atoms with Crippen LogP contribution in [0.25, 0.3) is 22.3 Å². The van der Waals surface area contributed by atoms with Gasteiger partial charge in [-0.25, -0.2) is 32.8 Å². The lowest BCUT2D eigenvalue weighted by Crippen LogP contribution is -2.46. The molecule has 12 heteroatoms. The molecule has 0 spiro atoms. The van der Waals surface area contributed by atoms with Crippen LogP contribution in [0.3, 0.4) is 0 Å². The van der Waals surface area contributed by atoms with Crippen molar-refractivity contribution in [3.05, 3.63) is 60.1 Å². The molecule has 0 amide bonds. The van der Waals surface area contributed by atoms with Gasteiger partial charge in [0, 0.05) is 75.8 Å². The third-order valence-corrected chi connectivity index (χ3v) is 6.25. The number of hydrogen-bond donors (Lipinski definition) is 1. The summed E-state index contributed by atoms with van der Waals surface area (Å²) < 4.78 is 46.9. The van der Waals surface area contributed by atoms with Gasteiger partial charge in [0.05, 0.1) is 24.5 Å². The van der Waals surface area contributed by atoms with Gasteiger partial charge in [-0.3, -0.25) is 4.90 Å². The lowest BCUT2D eigenvalue weighted by atomic mass is 10.1. The molecule has 194 valence electrons. The number of rotatable bonds is 9. The third kappa shape index (κ3) is 5.65. The van der Waals surface area contributed by atoms with Crippen LogP contribution in [0.1, 0.15) is 5.56 Å². The molecule has 4 aromatic rings. The number of piperazine rings is 1. The normalized spacial score (nSPS) is 14.4. The van der Waals surface area contributed by atoms with Crippen LogP contribution in [0.2, 0.25) is 0 Å². The van der Waals surface area contributed by atoms with Crippen LogP contribution < -0.4 is 10.2 Å². The van der Waals surface area contributed by atoms with Gasteiger partial charge in [-0.1, -0.05) is 6.07 Å². The number of hydrogen-bond acceptors (Lipinski definition) is 8. The lowest BCUT2D eigenvalue weighted by Gasteiger charge is -2.36. The quantitative estimate of drug-likeness (QED) is 0.342. The zero-order chi connectivity index (χ0) is 25.8. The Balaban J connectivity index is 1.40. The van der Waals surface area contributed by atoms with Crippen LogP contribution >= 0.6 is 0 Å². The summed E-state index contributed by atoms with van der Waals surface area (Å²) >= 11 is 0. The minimum atomic E-state index is -0.744. The highest BCUT2D eigenvalue weighted by Crippen LogP contribution is 2.31. The Kier molecular flexibility index (Phi) is 7.47. The van der Waals surface area contributed by atoms with E-state index >= 15 is 0 Å². The van der Waals surface area contributed by atoms with Crippen molar-refractivity contribution in [3.63, 3.8) is 0 Å². The molecule has 1 N–H and O–H groups in total. The molecule has 0 bridgehead atoms. The Hall–Kier alpha value is -3.77. The van der Waals surface area contributed by atoms with E-state index in [1.165, 1.54) is 16.8 Å². The van der Waals surface area contributed by atoms with E-state index in [0.717, 1.165) is 6.07 Å². The summed E-state index contributed by atoms with van der Waals surface area (Å²) in [5, 5.41) is 7.25. The average Bonchev–Trinajstić information content (AvgIpc) is 3.39. The molecule has 5 rings (SSSR count). The molecule has 1 aromatic carbocycles. The molecule has 0 saturated carbocycles. The van der Waals surface area contributed by atoms with Crippen LogP contribution in [0.5, 0.6) is 0 Å². The maximum Gasteiger partial charge on any atom is 0.181 e. The summed E-state index contributed by atoms with van der Waals surface area (Å²) in [6.07, 6.45) is 4.85. The molecule has 1 fully saturated rings. The van der Waals surface area contributed by atoms with Crippen LogP contribution in [-0.2, 0) is 18.1 Å². The van der Waals surface area contributed by atoms with Gasteiger partial charge in [0.2, 0.25) is 0 Å². The van der Waals surface area contributed by atoms with Crippen LogP contribution in [0.15, 0.2) is 42.9 Å². The third-order valence-electron chi connectivity index (χ3n) is 6.25. The molecule has 4 heterocycles. The summed E-state index contributed by atoms with van der Waals surface area (Å²) in [4.78, 5) is 18.4. The average molecular weight is 513 g/mol. The van der Waals surface area contributed by atoms with E-state index in [1.54, 1.807) is 25.7 Å². The molecule has 0 radical (unpaired) electrons. The highest BCUT2D eigenvalue weighted by molar-refractivity contribution is 5.84. The number of benzene rings is 1. The molecular formula is C25H27F3N8O. The van der Waals surface area contributed by atoms with Crippen molar-refractivity contribution in [2.45, 2.75) is 13.3 Å². The highest BCUT2D eigenvalue weighted by Gasteiger charge is 2.24. The Morgan fingerprint density at radius 2 is 1.86 bits per heavy atom. The first kappa shape index (κ1) is 24.9. The molecule has 0 atom stereocenters. The second-order valence-electron chi connectivity index (χ2n) is 8.76. The van der Waals surface area contributed by atoms with Crippen molar-refractivity contribution in [2.24, 2.45) is 0 Å². The van der Waals surface area contributed by atoms with E-state index in [1.807, 2.05) is 6.07 Å². The SMILES string of the molecule is COCCNc1cc2nc(-c3cnn(CF)c3)c(N3CCN(Cc4ccc(F)cc4F)CC3)nc2cn1. The largest absolute Gasteiger partial charge is 0.383 e. The van der Waals surface area contributed by atoms with Crippen molar-refractivity contribution in [1.29, 1.82) is 0 Å². The fourth-order valence-electron chi connectivity index (χ4n) is 4.30. The van der Waals surface area contributed by atoms with Crippen molar-refractivity contribution in [1.82, 2.24) is 29.6 Å². The first-order valence-corrected chi connectivity index (χ1v) is 11.9. The predicted octanol–water partition coefficient (Wildman–Crippen LogP) is 3.47. The topological polar surface area (TPSA) is 84.2 Å². The number of methoxy groups -OCH3 is 1. The summed E-state index contributed by atoms with van der Waals surface area (Å²) in [5.41, 5.74) is 2.99. The number of fused-ring (bicyclic) bond motifs is 1. The van der Waals surface area contributed by atoms with E-state index < -0.39 is 18.4 Å². The van der Waals surface area contributed by atoms with E-state index in [-0.39, 0.29) is 0 Å². The Morgan fingerprint density at radius 3 is 2.59 bits per heavy atom. The van der Waals surface area contributed by atoms with Crippen LogP contribution in [0.4, 0.5) is 24.8 Å². The van der Waals surface area contributed by atoms with Crippen LogP contribution in [-0.4, -0.2) is 76.1 Å². The highest BCUT2D eigenvalue weighted by atomic mass is 19.1. The molecule has 1 saturated heterocycles. The lowest BCUT2D eigenvalue weighted by molar-refractivity contribution is 0.210. The molecule has 9 nitrogen and oxygen atoms in total. The molecule has 0 unspecified atom stereocenters. The van der Waals surface area contributed by atoms with Crippen molar-refractivity contribution in [2.75, 3.05) is 56.7 Å². The maximum absolute atomic E-state index is 14.1. The molecule has 1 aliphatic heterocycles. The molecule has 3 aromatic heterocycles. The second kappa shape index (κ2) is 11.1. The van der Waals surface area contributed by atoms with E-state index in [9.17, 15) is 13.2 Å². The van der Waals surface area contributed by atoms with E-state index in [0.29, 0.717) is 85.4 Å². The number of nitrogens with zero attached hydrogens (tertiary/aromatic N) is 7. The maximum atomic E-state index is 14.1. The van der Waals surface area contributed by atoms with Gasteiger partial charge in [-0.15, -0.1) is 0 Å². The number of ether oxygens (including phenoxy) is 1. The molecule has 37 heavy (non-hydrogen) atoms. The van der Waals surface area contributed by atoms with Gasteiger partial charge in [-0.05, 0) is 6.07 Å². The monoisotopic (exact) mass is 512 g/mol. The minimum Gasteiger partial charge on any atom is -0.383 e. The predicted molar refractivity (Wildman–Crippen MR) is 134 cm³/mol. The van der Waals surface area contributed by atoms with Gasteiger partial charge in [0.15, 0.2) is 12.6 Å².